The van der Waals surface area contributed by atoms with Crippen molar-refractivity contribution >= 4 is 11.9 Å². The second-order valence-corrected chi connectivity index (χ2v) is 13.1. The van der Waals surface area contributed by atoms with E-state index < -0.39 is 6.10 Å². The van der Waals surface area contributed by atoms with Crippen molar-refractivity contribution in [2.45, 2.75) is 168 Å². The van der Waals surface area contributed by atoms with Crippen molar-refractivity contribution in [3.05, 3.63) is 97.2 Å². The second kappa shape index (κ2) is 42.2. The number of ether oxygens (including phenoxy) is 3. The van der Waals surface area contributed by atoms with Crippen molar-refractivity contribution in [3.8, 4) is 0 Å². The van der Waals surface area contributed by atoms with Crippen LogP contribution >= 0.6 is 0 Å². The van der Waals surface area contributed by atoms with E-state index in [1.807, 2.05) is 0 Å². The Bertz CT molecular complexity index is 1040. The van der Waals surface area contributed by atoms with Gasteiger partial charge >= 0.3 is 11.9 Å². The maximum absolute atomic E-state index is 12.5. The van der Waals surface area contributed by atoms with Crippen molar-refractivity contribution in [1.29, 1.82) is 0 Å². The molecule has 0 rings (SSSR count). The van der Waals surface area contributed by atoms with Gasteiger partial charge in [0.2, 0.25) is 0 Å². The van der Waals surface area contributed by atoms with E-state index in [0.717, 1.165) is 116 Å². The van der Waals surface area contributed by atoms with Gasteiger partial charge in [-0.2, -0.15) is 0 Å². The van der Waals surface area contributed by atoms with Crippen molar-refractivity contribution in [3.63, 3.8) is 0 Å². The average Bonchev–Trinajstić information content (AvgIpc) is 3.14. The fourth-order valence-electron chi connectivity index (χ4n) is 5.08. The van der Waals surface area contributed by atoms with Gasteiger partial charge in [-0.3, -0.25) is 9.59 Å². The van der Waals surface area contributed by atoms with E-state index in [4.69, 9.17) is 14.2 Å². The topological polar surface area (TPSA) is 61.8 Å². The lowest BCUT2D eigenvalue weighted by Crippen LogP contribution is -2.30. The molecule has 0 aromatic carbocycles. The number of hydrogen-bond acceptors (Lipinski definition) is 5. The smallest absolute Gasteiger partial charge is 0.306 e. The molecule has 0 aromatic rings. The van der Waals surface area contributed by atoms with Crippen LogP contribution in [0.5, 0.6) is 0 Å². The molecule has 0 N–H and O–H groups in total. The fraction of sp³-hybridized carbons (Fsp3) is 0.617. The summed E-state index contributed by atoms with van der Waals surface area (Å²) in [5, 5.41) is 0. The predicted octanol–water partition coefficient (Wildman–Crippen LogP) is 13.5. The third-order valence-corrected chi connectivity index (χ3v) is 8.12. The quantitative estimate of drug-likeness (QED) is 0.0366. The minimum atomic E-state index is -0.569. The molecule has 0 heterocycles. The van der Waals surface area contributed by atoms with Gasteiger partial charge in [-0.1, -0.05) is 150 Å². The molecule has 5 heteroatoms. The Morgan fingerprint density at radius 3 is 1.38 bits per heavy atom. The molecule has 0 saturated heterocycles. The third-order valence-electron chi connectivity index (χ3n) is 8.12. The van der Waals surface area contributed by atoms with Crippen LogP contribution in [0.25, 0.3) is 0 Å². The molecule has 1 unspecified atom stereocenters. The predicted molar refractivity (Wildman–Crippen MR) is 223 cm³/mol. The van der Waals surface area contributed by atoms with E-state index in [1.54, 1.807) is 0 Å². The number of carbonyl (C=O) groups excluding carboxylic acids is 2. The molecular weight excluding hydrogens is 645 g/mol. The van der Waals surface area contributed by atoms with E-state index >= 15 is 0 Å². The van der Waals surface area contributed by atoms with Crippen LogP contribution in [0.1, 0.15) is 162 Å². The molecule has 0 fully saturated rings. The molecule has 5 nitrogen and oxygen atoms in total. The summed E-state index contributed by atoms with van der Waals surface area (Å²) in [7, 11) is 0. The first-order valence-corrected chi connectivity index (χ1v) is 20.8. The van der Waals surface area contributed by atoms with Gasteiger partial charge < -0.3 is 14.2 Å². The zero-order chi connectivity index (χ0) is 37.8. The van der Waals surface area contributed by atoms with Gasteiger partial charge in [0.15, 0.2) is 6.10 Å². The number of allylic oxidation sites excluding steroid dienone is 16. The zero-order valence-electron chi connectivity index (χ0n) is 33.5. The van der Waals surface area contributed by atoms with E-state index in [1.165, 1.54) is 12.8 Å². The summed E-state index contributed by atoms with van der Waals surface area (Å²) in [6.07, 6.45) is 55.8. The number of rotatable bonds is 36. The molecule has 0 saturated carbocycles. The molecule has 0 aliphatic carbocycles. The summed E-state index contributed by atoms with van der Waals surface area (Å²) >= 11 is 0. The first-order valence-electron chi connectivity index (χ1n) is 20.8. The standard InChI is InChI=1S/C47H76O5/c1-4-7-10-13-15-17-19-21-23-25-27-29-31-33-36-39-42-50-43-45(52-47(49)41-38-34-12-9-6-3)44-51-46(48)40-37-35-32-30-28-26-24-22-20-18-16-14-11-8-5-2/h7-8,10-11,15-18,21-24,27-30,45H,4-6,9,12-14,19-20,25-26,31-44H2,1-3H3/b10-7-,11-8-,17-15-,18-16-,23-21-,24-22-,29-27-,30-28-. The number of hydrogen-bond donors (Lipinski definition) is 0. The molecule has 0 aliphatic rings. The molecule has 0 aromatic heterocycles. The zero-order valence-corrected chi connectivity index (χ0v) is 33.5. The Morgan fingerprint density at radius 1 is 0.442 bits per heavy atom. The molecule has 294 valence electrons. The lowest BCUT2D eigenvalue weighted by Gasteiger charge is -2.18. The van der Waals surface area contributed by atoms with E-state index in [2.05, 4.69) is 118 Å². The first kappa shape index (κ1) is 48.8. The van der Waals surface area contributed by atoms with Gasteiger partial charge in [0, 0.05) is 19.4 Å². The number of esters is 2. The molecule has 1 atom stereocenters. The number of unbranched alkanes of at least 4 members (excludes halogenated alkanes) is 9. The lowest BCUT2D eigenvalue weighted by atomic mass is 10.1. The molecule has 52 heavy (non-hydrogen) atoms. The highest BCUT2D eigenvalue weighted by Crippen LogP contribution is 2.10. The lowest BCUT2D eigenvalue weighted by molar-refractivity contribution is -0.163. The maximum Gasteiger partial charge on any atom is 0.306 e. The van der Waals surface area contributed by atoms with Gasteiger partial charge in [-0.05, 0) is 96.3 Å². The Morgan fingerprint density at radius 2 is 0.865 bits per heavy atom. The highest BCUT2D eigenvalue weighted by atomic mass is 16.6. The van der Waals surface area contributed by atoms with Crippen molar-refractivity contribution < 1.29 is 23.8 Å². The minimum Gasteiger partial charge on any atom is -0.462 e. The average molecular weight is 721 g/mol. The van der Waals surface area contributed by atoms with Gasteiger partial charge in [0.25, 0.3) is 0 Å². The molecule has 0 amide bonds. The summed E-state index contributed by atoms with van der Waals surface area (Å²) in [6.45, 7) is 7.37. The Labute approximate surface area is 320 Å². The normalized spacial score (nSPS) is 13.2. The van der Waals surface area contributed by atoms with Crippen LogP contribution in [0.2, 0.25) is 0 Å². The van der Waals surface area contributed by atoms with Crippen LogP contribution < -0.4 is 0 Å². The molecule has 0 bridgehead atoms. The Balaban J connectivity index is 4.25. The Kier molecular flexibility index (Phi) is 39.7. The monoisotopic (exact) mass is 721 g/mol. The molecule has 0 aliphatic heterocycles. The van der Waals surface area contributed by atoms with Gasteiger partial charge in [-0.25, -0.2) is 0 Å². The second-order valence-electron chi connectivity index (χ2n) is 13.1. The van der Waals surface area contributed by atoms with Crippen LogP contribution in [0, 0.1) is 0 Å². The molecule has 0 spiro atoms. The van der Waals surface area contributed by atoms with Gasteiger partial charge in [-0.15, -0.1) is 0 Å². The summed E-state index contributed by atoms with van der Waals surface area (Å²) < 4.78 is 17.1. The highest BCUT2D eigenvalue weighted by molar-refractivity contribution is 5.70. The third kappa shape index (κ3) is 39.6. The highest BCUT2D eigenvalue weighted by Gasteiger charge is 2.17. The van der Waals surface area contributed by atoms with Crippen LogP contribution in [-0.4, -0.2) is 37.9 Å². The summed E-state index contributed by atoms with van der Waals surface area (Å²) in [4.78, 5) is 24.9. The fourth-order valence-corrected chi connectivity index (χ4v) is 5.08. The largest absolute Gasteiger partial charge is 0.462 e. The van der Waals surface area contributed by atoms with Crippen LogP contribution in [-0.2, 0) is 23.8 Å². The first-order chi connectivity index (χ1) is 25.6. The SMILES string of the molecule is CC/C=C\C/C=C\C/C=C\C/C=C\CCCCCOCC(COC(=O)CCCC/C=C\C/C=C\C/C=C\C/C=C\CC)OC(=O)CCCCCCC. The number of carbonyl (C=O) groups is 2. The van der Waals surface area contributed by atoms with E-state index in [9.17, 15) is 9.59 Å². The summed E-state index contributed by atoms with van der Waals surface area (Å²) in [5.41, 5.74) is 0. The van der Waals surface area contributed by atoms with E-state index in [0.29, 0.717) is 19.4 Å². The van der Waals surface area contributed by atoms with Gasteiger partial charge in [0.05, 0.1) is 6.61 Å². The maximum atomic E-state index is 12.5. The van der Waals surface area contributed by atoms with Crippen molar-refractivity contribution in [1.82, 2.24) is 0 Å². The Hall–Kier alpha value is -3.18. The van der Waals surface area contributed by atoms with Crippen molar-refractivity contribution in [2.75, 3.05) is 19.8 Å². The summed E-state index contributed by atoms with van der Waals surface area (Å²) in [5.74, 6) is -0.487. The minimum absolute atomic E-state index is 0.0447. The van der Waals surface area contributed by atoms with Crippen LogP contribution in [0.3, 0.4) is 0 Å². The molecule has 0 radical (unpaired) electrons. The molecular formula is C47H76O5. The van der Waals surface area contributed by atoms with Crippen molar-refractivity contribution in [2.24, 2.45) is 0 Å². The van der Waals surface area contributed by atoms with E-state index in [-0.39, 0.29) is 25.2 Å². The van der Waals surface area contributed by atoms with Gasteiger partial charge in [0.1, 0.15) is 6.61 Å². The van der Waals surface area contributed by atoms with Crippen LogP contribution in [0.4, 0.5) is 0 Å². The van der Waals surface area contributed by atoms with Crippen LogP contribution in [0.15, 0.2) is 97.2 Å². The summed E-state index contributed by atoms with van der Waals surface area (Å²) in [6, 6.07) is 0.